The van der Waals surface area contributed by atoms with Crippen molar-refractivity contribution in [2.45, 2.75) is 13.5 Å². The summed E-state index contributed by atoms with van der Waals surface area (Å²) >= 11 is 1.54. The van der Waals surface area contributed by atoms with E-state index in [2.05, 4.69) is 20.5 Å². The van der Waals surface area contributed by atoms with Gasteiger partial charge in [-0.1, -0.05) is 29.5 Å². The fraction of sp³-hybridized carbons (Fsp3) is 0.133. The third kappa shape index (κ3) is 2.46. The fourth-order valence-electron chi connectivity index (χ4n) is 2.23. The highest BCUT2D eigenvalue weighted by atomic mass is 32.1. The molecule has 0 aliphatic rings. The topological polar surface area (TPSA) is 60.0 Å². The molecule has 110 valence electrons. The molecule has 0 saturated carbocycles. The van der Waals surface area contributed by atoms with Crippen LogP contribution in [0.5, 0.6) is 0 Å². The van der Waals surface area contributed by atoms with Gasteiger partial charge in [-0.2, -0.15) is 5.10 Å². The van der Waals surface area contributed by atoms with Gasteiger partial charge in [0.05, 0.1) is 23.8 Å². The Balaban J connectivity index is 1.47. The summed E-state index contributed by atoms with van der Waals surface area (Å²) in [4.78, 5) is 5.30. The number of benzene rings is 1. The van der Waals surface area contributed by atoms with Crippen molar-refractivity contribution in [3.05, 3.63) is 60.2 Å². The Labute approximate surface area is 131 Å². The van der Waals surface area contributed by atoms with Crippen molar-refractivity contribution in [1.82, 2.24) is 24.4 Å². The highest BCUT2D eigenvalue weighted by molar-refractivity contribution is 7.20. The zero-order valence-corrected chi connectivity index (χ0v) is 12.8. The second-order valence-electron chi connectivity index (χ2n) is 5.00. The van der Waals surface area contributed by atoms with Crippen LogP contribution in [0.2, 0.25) is 0 Å². The number of anilines is 1. The third-order valence-corrected chi connectivity index (χ3v) is 4.14. The monoisotopic (exact) mass is 310 g/mol. The summed E-state index contributed by atoms with van der Waals surface area (Å²) < 4.78 is 3.67. The quantitative estimate of drug-likeness (QED) is 0.629. The minimum atomic E-state index is 0.683. The average Bonchev–Trinajstić information content (AvgIpc) is 3.20. The molecule has 0 atom stereocenters. The molecular formula is C15H14N6S. The van der Waals surface area contributed by atoms with E-state index in [1.165, 1.54) is 0 Å². The van der Waals surface area contributed by atoms with Crippen molar-refractivity contribution >= 4 is 21.4 Å². The first kappa shape index (κ1) is 13.0. The number of hydrogen-bond donors (Lipinski definition) is 1. The van der Waals surface area contributed by atoms with Crippen molar-refractivity contribution in [2.75, 3.05) is 5.32 Å². The maximum atomic E-state index is 4.45. The predicted molar refractivity (Wildman–Crippen MR) is 86.5 cm³/mol. The van der Waals surface area contributed by atoms with Crippen LogP contribution in [0.1, 0.15) is 11.3 Å². The van der Waals surface area contributed by atoms with E-state index in [1.807, 2.05) is 60.5 Å². The molecule has 0 radical (unpaired) electrons. The molecule has 3 heterocycles. The second-order valence-corrected chi connectivity index (χ2v) is 5.95. The predicted octanol–water partition coefficient (Wildman–Crippen LogP) is 2.90. The molecule has 4 aromatic rings. The first-order valence-corrected chi connectivity index (χ1v) is 7.75. The Morgan fingerprint density at radius 3 is 2.86 bits per heavy atom. The highest BCUT2D eigenvalue weighted by Gasteiger charge is 2.06. The number of nitrogens with one attached hydrogen (secondary N) is 1. The van der Waals surface area contributed by atoms with E-state index in [-0.39, 0.29) is 0 Å². The van der Waals surface area contributed by atoms with Crippen LogP contribution in [0.3, 0.4) is 0 Å². The summed E-state index contributed by atoms with van der Waals surface area (Å²) in [6.07, 6.45) is 5.80. The van der Waals surface area contributed by atoms with Crippen molar-refractivity contribution in [3.8, 4) is 5.69 Å². The van der Waals surface area contributed by atoms with Crippen molar-refractivity contribution in [2.24, 2.45) is 0 Å². The summed E-state index contributed by atoms with van der Waals surface area (Å²) in [5, 5.41) is 13.0. The number of hydrogen-bond acceptors (Lipinski definition) is 5. The Morgan fingerprint density at radius 2 is 2.05 bits per heavy atom. The minimum absolute atomic E-state index is 0.683. The lowest BCUT2D eigenvalue weighted by Crippen LogP contribution is -1.98. The van der Waals surface area contributed by atoms with Gasteiger partial charge < -0.3 is 5.32 Å². The molecule has 4 rings (SSSR count). The third-order valence-electron chi connectivity index (χ3n) is 3.26. The minimum Gasteiger partial charge on any atom is -0.356 e. The summed E-state index contributed by atoms with van der Waals surface area (Å²) in [6.45, 7) is 2.65. The Bertz CT molecular complexity index is 873. The molecule has 7 heteroatoms. The van der Waals surface area contributed by atoms with Gasteiger partial charge in [-0.3, -0.25) is 0 Å². The van der Waals surface area contributed by atoms with Crippen LogP contribution in [0.15, 0.2) is 48.9 Å². The summed E-state index contributed by atoms with van der Waals surface area (Å²) in [5.41, 5.74) is 3.14. The van der Waals surface area contributed by atoms with Crippen molar-refractivity contribution < 1.29 is 0 Å². The van der Waals surface area contributed by atoms with Crippen molar-refractivity contribution in [1.29, 1.82) is 0 Å². The molecule has 3 aromatic heterocycles. The fourth-order valence-corrected chi connectivity index (χ4v) is 3.05. The first-order chi connectivity index (χ1) is 10.8. The molecule has 0 aliphatic carbocycles. The van der Waals surface area contributed by atoms with Crippen LogP contribution >= 0.6 is 11.3 Å². The van der Waals surface area contributed by atoms with Crippen molar-refractivity contribution in [3.63, 3.8) is 0 Å². The molecule has 0 bridgehead atoms. The van der Waals surface area contributed by atoms with Gasteiger partial charge in [0.1, 0.15) is 0 Å². The Kier molecular flexibility index (Phi) is 3.12. The normalized spacial score (nSPS) is 11.1. The SMILES string of the molecule is Cc1cn2nc(NCc3cnn(-c4ccccc4)c3)sc2n1. The molecule has 0 unspecified atom stereocenters. The molecule has 1 N–H and O–H groups in total. The number of imidazole rings is 1. The van der Waals surface area contributed by atoms with E-state index in [0.29, 0.717) is 6.54 Å². The molecule has 0 saturated heterocycles. The van der Waals surface area contributed by atoms with Crippen LogP contribution in [0.4, 0.5) is 5.13 Å². The molecule has 0 amide bonds. The van der Waals surface area contributed by atoms with Gasteiger partial charge in [-0.05, 0) is 19.1 Å². The summed E-state index contributed by atoms with van der Waals surface area (Å²) in [5.74, 6) is 0. The maximum Gasteiger partial charge on any atom is 0.214 e. The number of nitrogens with zero attached hydrogens (tertiary/aromatic N) is 5. The van der Waals surface area contributed by atoms with E-state index < -0.39 is 0 Å². The lowest BCUT2D eigenvalue weighted by atomic mass is 10.3. The van der Waals surface area contributed by atoms with Crippen LogP contribution in [0.25, 0.3) is 10.6 Å². The van der Waals surface area contributed by atoms with Crippen LogP contribution in [-0.2, 0) is 6.54 Å². The van der Waals surface area contributed by atoms with Gasteiger partial charge >= 0.3 is 0 Å². The van der Waals surface area contributed by atoms with Crippen LogP contribution < -0.4 is 5.32 Å². The molecule has 22 heavy (non-hydrogen) atoms. The van der Waals surface area contributed by atoms with Gasteiger partial charge in [0.2, 0.25) is 10.1 Å². The molecular weight excluding hydrogens is 296 g/mol. The molecule has 0 fully saturated rings. The zero-order chi connectivity index (χ0) is 14.9. The van der Waals surface area contributed by atoms with Gasteiger partial charge in [0, 0.05) is 18.3 Å². The molecule has 6 nitrogen and oxygen atoms in total. The standard InChI is InChI=1S/C15H14N6S/c1-11-9-21-15(18-11)22-14(19-21)16-7-12-8-17-20(10-12)13-5-3-2-4-6-13/h2-6,8-10H,7H2,1H3,(H,16,19). The van der Waals surface area contributed by atoms with E-state index in [1.54, 1.807) is 15.9 Å². The number of aromatic nitrogens is 5. The maximum absolute atomic E-state index is 4.45. The second kappa shape index (κ2) is 5.27. The lowest BCUT2D eigenvalue weighted by Gasteiger charge is -2.00. The molecule has 0 spiro atoms. The van der Waals surface area contributed by atoms with Gasteiger partial charge in [-0.25, -0.2) is 14.2 Å². The number of fused-ring (bicyclic) bond motifs is 1. The summed E-state index contributed by atoms with van der Waals surface area (Å²) in [7, 11) is 0. The zero-order valence-electron chi connectivity index (χ0n) is 12.0. The molecule has 0 aliphatic heterocycles. The summed E-state index contributed by atoms with van der Waals surface area (Å²) in [6, 6.07) is 10.1. The van der Waals surface area contributed by atoms with E-state index in [0.717, 1.165) is 27.0 Å². The van der Waals surface area contributed by atoms with Gasteiger partial charge in [0.25, 0.3) is 0 Å². The van der Waals surface area contributed by atoms with Crippen LogP contribution in [0, 0.1) is 6.92 Å². The largest absolute Gasteiger partial charge is 0.356 e. The Morgan fingerprint density at radius 1 is 1.18 bits per heavy atom. The number of para-hydroxylation sites is 1. The highest BCUT2D eigenvalue weighted by Crippen LogP contribution is 2.19. The molecule has 1 aromatic carbocycles. The first-order valence-electron chi connectivity index (χ1n) is 6.93. The van der Waals surface area contributed by atoms with E-state index >= 15 is 0 Å². The average molecular weight is 310 g/mol. The van der Waals surface area contributed by atoms with Gasteiger partial charge in [0.15, 0.2) is 0 Å². The van der Waals surface area contributed by atoms with E-state index in [9.17, 15) is 0 Å². The smallest absolute Gasteiger partial charge is 0.214 e. The van der Waals surface area contributed by atoms with E-state index in [4.69, 9.17) is 0 Å². The van der Waals surface area contributed by atoms with Crippen LogP contribution in [-0.4, -0.2) is 24.4 Å². The van der Waals surface area contributed by atoms with Gasteiger partial charge in [-0.15, -0.1) is 5.10 Å². The Hall–Kier alpha value is -2.67. The number of rotatable bonds is 4. The number of aryl methyl sites for hydroxylation is 1. The lowest BCUT2D eigenvalue weighted by molar-refractivity contribution is 0.880.